The molecule has 0 N–H and O–H groups in total. The van der Waals surface area contributed by atoms with Gasteiger partial charge < -0.3 is 9.80 Å². The van der Waals surface area contributed by atoms with Crippen LogP contribution >= 0.6 is 15.9 Å². The lowest BCUT2D eigenvalue weighted by atomic mass is 10.2. The van der Waals surface area contributed by atoms with Crippen LogP contribution < -0.4 is 0 Å². The number of carbonyl (C=O) groups excluding carboxylic acids is 2. The Morgan fingerprint density at radius 3 is 2.30 bits per heavy atom. The van der Waals surface area contributed by atoms with Crippen molar-refractivity contribution in [2.24, 2.45) is 0 Å². The van der Waals surface area contributed by atoms with E-state index >= 15 is 0 Å². The number of hydrogen-bond acceptors (Lipinski definition) is 3. The van der Waals surface area contributed by atoms with Gasteiger partial charge in [-0.1, -0.05) is 22.0 Å². The Morgan fingerprint density at radius 1 is 0.957 bits per heavy atom. The van der Waals surface area contributed by atoms with E-state index in [4.69, 9.17) is 0 Å². The Balaban J connectivity index is 1.50. The van der Waals surface area contributed by atoms with Gasteiger partial charge in [-0.25, -0.2) is 0 Å². The summed E-state index contributed by atoms with van der Waals surface area (Å²) in [4.78, 5) is 30.7. The SMILES string of the molecule is O=C(CN1CCN(C(=O)c2cccc(Br)c2)CC1)N1CCCC1. The van der Waals surface area contributed by atoms with Crippen LogP contribution in [0.25, 0.3) is 0 Å². The lowest BCUT2D eigenvalue weighted by molar-refractivity contribution is -0.131. The summed E-state index contributed by atoms with van der Waals surface area (Å²) in [6.07, 6.45) is 2.25. The highest BCUT2D eigenvalue weighted by atomic mass is 79.9. The predicted molar refractivity (Wildman–Crippen MR) is 92.3 cm³/mol. The van der Waals surface area contributed by atoms with E-state index in [-0.39, 0.29) is 11.8 Å². The molecule has 6 heteroatoms. The van der Waals surface area contributed by atoms with Crippen LogP contribution in [0.1, 0.15) is 23.2 Å². The fourth-order valence-electron chi connectivity index (χ4n) is 3.17. The summed E-state index contributed by atoms with van der Waals surface area (Å²) in [6.45, 7) is 5.18. The van der Waals surface area contributed by atoms with Gasteiger partial charge in [0.25, 0.3) is 5.91 Å². The van der Waals surface area contributed by atoms with E-state index in [1.54, 1.807) is 0 Å². The third-order valence-electron chi connectivity index (χ3n) is 4.55. The van der Waals surface area contributed by atoms with E-state index in [9.17, 15) is 9.59 Å². The molecule has 0 spiro atoms. The number of amides is 2. The van der Waals surface area contributed by atoms with E-state index < -0.39 is 0 Å². The van der Waals surface area contributed by atoms with Crippen molar-refractivity contribution in [3.8, 4) is 0 Å². The second kappa shape index (κ2) is 7.45. The summed E-state index contributed by atoms with van der Waals surface area (Å²) < 4.78 is 0.915. The number of hydrogen-bond donors (Lipinski definition) is 0. The van der Waals surface area contributed by atoms with Crippen molar-refractivity contribution in [1.82, 2.24) is 14.7 Å². The number of benzene rings is 1. The van der Waals surface area contributed by atoms with Crippen LogP contribution in [0.5, 0.6) is 0 Å². The normalized spacial score (nSPS) is 19.2. The third kappa shape index (κ3) is 4.12. The van der Waals surface area contributed by atoms with Crippen LogP contribution in [0.15, 0.2) is 28.7 Å². The standard InChI is InChI=1S/C17H22BrN3O2/c18-15-5-3-4-14(12-15)17(23)21-10-8-19(9-11-21)13-16(22)20-6-1-2-7-20/h3-5,12H,1-2,6-11,13H2. The summed E-state index contributed by atoms with van der Waals surface area (Å²) in [5.41, 5.74) is 0.709. The second-order valence-electron chi connectivity index (χ2n) is 6.17. The molecule has 0 bridgehead atoms. The van der Waals surface area contributed by atoms with Crippen LogP contribution in [0.4, 0.5) is 0 Å². The van der Waals surface area contributed by atoms with Crippen molar-refractivity contribution in [3.05, 3.63) is 34.3 Å². The van der Waals surface area contributed by atoms with Crippen molar-refractivity contribution < 1.29 is 9.59 Å². The number of piperazine rings is 1. The van der Waals surface area contributed by atoms with Crippen LogP contribution in [0, 0.1) is 0 Å². The third-order valence-corrected chi connectivity index (χ3v) is 5.04. The molecule has 2 aliphatic rings. The number of rotatable bonds is 3. The lowest BCUT2D eigenvalue weighted by Gasteiger charge is -2.35. The van der Waals surface area contributed by atoms with Crippen molar-refractivity contribution in [3.63, 3.8) is 0 Å². The minimum atomic E-state index is 0.0665. The van der Waals surface area contributed by atoms with Crippen molar-refractivity contribution in [2.45, 2.75) is 12.8 Å². The monoisotopic (exact) mass is 379 g/mol. The lowest BCUT2D eigenvalue weighted by Crippen LogP contribution is -2.51. The number of nitrogens with zero attached hydrogens (tertiary/aromatic N) is 3. The maximum Gasteiger partial charge on any atom is 0.253 e. The number of likely N-dealkylation sites (tertiary alicyclic amines) is 1. The van der Waals surface area contributed by atoms with Crippen molar-refractivity contribution >= 4 is 27.7 Å². The van der Waals surface area contributed by atoms with Gasteiger partial charge in [0.05, 0.1) is 6.54 Å². The molecule has 124 valence electrons. The first-order chi connectivity index (χ1) is 11.1. The Kier molecular flexibility index (Phi) is 5.33. The van der Waals surface area contributed by atoms with Gasteiger partial charge in [0, 0.05) is 49.3 Å². The van der Waals surface area contributed by atoms with Crippen LogP contribution in [-0.4, -0.2) is 72.3 Å². The predicted octanol–water partition coefficient (Wildman–Crippen LogP) is 1.83. The van der Waals surface area contributed by atoms with E-state index in [1.807, 2.05) is 34.1 Å². The van der Waals surface area contributed by atoms with Gasteiger partial charge in [-0.15, -0.1) is 0 Å². The zero-order valence-electron chi connectivity index (χ0n) is 13.2. The molecule has 2 amide bonds. The molecule has 0 unspecified atom stereocenters. The fraction of sp³-hybridized carbons (Fsp3) is 0.529. The molecular weight excluding hydrogens is 358 g/mol. The van der Waals surface area contributed by atoms with Gasteiger partial charge in [-0.05, 0) is 31.0 Å². The Labute approximate surface area is 145 Å². The first-order valence-electron chi connectivity index (χ1n) is 8.18. The quantitative estimate of drug-likeness (QED) is 0.804. The average Bonchev–Trinajstić information content (AvgIpc) is 3.09. The first-order valence-corrected chi connectivity index (χ1v) is 8.98. The van der Waals surface area contributed by atoms with Crippen LogP contribution in [-0.2, 0) is 4.79 Å². The zero-order valence-corrected chi connectivity index (χ0v) is 14.8. The highest BCUT2D eigenvalue weighted by Gasteiger charge is 2.25. The number of carbonyl (C=O) groups is 2. The maximum absolute atomic E-state index is 12.5. The Bertz CT molecular complexity index is 579. The molecule has 2 saturated heterocycles. The van der Waals surface area contributed by atoms with E-state index in [0.717, 1.165) is 43.5 Å². The summed E-state index contributed by atoms with van der Waals surface area (Å²) >= 11 is 3.40. The number of halogens is 1. The van der Waals surface area contributed by atoms with Gasteiger partial charge in [0.1, 0.15) is 0 Å². The highest BCUT2D eigenvalue weighted by molar-refractivity contribution is 9.10. The molecule has 0 saturated carbocycles. The molecule has 1 aromatic carbocycles. The molecule has 1 aromatic rings. The topological polar surface area (TPSA) is 43.9 Å². The van der Waals surface area contributed by atoms with Gasteiger partial charge >= 0.3 is 0 Å². The van der Waals surface area contributed by atoms with Crippen LogP contribution in [0.2, 0.25) is 0 Å². The minimum Gasteiger partial charge on any atom is -0.342 e. The molecule has 2 aliphatic heterocycles. The smallest absolute Gasteiger partial charge is 0.253 e. The summed E-state index contributed by atoms with van der Waals surface area (Å²) in [5.74, 6) is 0.297. The molecule has 5 nitrogen and oxygen atoms in total. The average molecular weight is 380 g/mol. The largest absolute Gasteiger partial charge is 0.342 e. The summed E-state index contributed by atoms with van der Waals surface area (Å²) in [6, 6.07) is 7.49. The second-order valence-corrected chi connectivity index (χ2v) is 7.08. The molecule has 0 aliphatic carbocycles. The Morgan fingerprint density at radius 2 is 1.65 bits per heavy atom. The summed E-state index contributed by atoms with van der Waals surface area (Å²) in [5, 5.41) is 0. The molecule has 0 aromatic heterocycles. The van der Waals surface area contributed by atoms with Crippen molar-refractivity contribution in [1.29, 1.82) is 0 Å². The van der Waals surface area contributed by atoms with Crippen LogP contribution in [0.3, 0.4) is 0 Å². The molecule has 2 fully saturated rings. The highest BCUT2D eigenvalue weighted by Crippen LogP contribution is 2.15. The van der Waals surface area contributed by atoms with Crippen molar-refractivity contribution in [2.75, 3.05) is 45.8 Å². The molecule has 0 atom stereocenters. The fourth-order valence-corrected chi connectivity index (χ4v) is 3.57. The first kappa shape index (κ1) is 16.5. The van der Waals surface area contributed by atoms with E-state index in [1.165, 1.54) is 0 Å². The minimum absolute atomic E-state index is 0.0665. The van der Waals surface area contributed by atoms with E-state index in [0.29, 0.717) is 25.2 Å². The Hall–Kier alpha value is -1.40. The van der Waals surface area contributed by atoms with Gasteiger partial charge in [0.2, 0.25) is 5.91 Å². The molecule has 3 rings (SSSR count). The van der Waals surface area contributed by atoms with Gasteiger partial charge in [0.15, 0.2) is 0 Å². The van der Waals surface area contributed by atoms with E-state index in [2.05, 4.69) is 20.8 Å². The zero-order chi connectivity index (χ0) is 16.2. The molecule has 0 radical (unpaired) electrons. The van der Waals surface area contributed by atoms with Gasteiger partial charge in [-0.2, -0.15) is 0 Å². The maximum atomic E-state index is 12.5. The van der Waals surface area contributed by atoms with Gasteiger partial charge in [-0.3, -0.25) is 14.5 Å². The molecule has 2 heterocycles. The molecule has 23 heavy (non-hydrogen) atoms. The molecular formula is C17H22BrN3O2. The summed E-state index contributed by atoms with van der Waals surface area (Å²) in [7, 11) is 0.